The van der Waals surface area contributed by atoms with Crippen molar-refractivity contribution in [2.75, 3.05) is 12.8 Å². The second kappa shape index (κ2) is 4.92. The molecule has 1 fully saturated rings. The molecule has 1 saturated carbocycles. The molecular formula is C12H14N2O2S2. The summed E-state index contributed by atoms with van der Waals surface area (Å²) in [6.45, 7) is 0.452. The van der Waals surface area contributed by atoms with E-state index in [1.54, 1.807) is 23.9 Å². The Morgan fingerprint density at radius 1 is 1.50 bits per heavy atom. The number of rotatable bonds is 5. The minimum Gasteiger partial charge on any atom is -0.210 e. The Kier molecular flexibility index (Phi) is 3.66. The van der Waals surface area contributed by atoms with Crippen LogP contribution >= 0.6 is 11.8 Å². The van der Waals surface area contributed by atoms with E-state index in [-0.39, 0.29) is 9.64 Å². The van der Waals surface area contributed by atoms with E-state index in [0.29, 0.717) is 12.1 Å². The monoisotopic (exact) mass is 282 g/mol. The van der Waals surface area contributed by atoms with Crippen molar-refractivity contribution in [3.05, 3.63) is 29.8 Å². The summed E-state index contributed by atoms with van der Waals surface area (Å²) in [5.41, 5.74) is 0.351. The highest BCUT2D eigenvalue weighted by Crippen LogP contribution is 2.46. The number of benzene rings is 1. The van der Waals surface area contributed by atoms with Gasteiger partial charge in [-0.3, -0.25) is 0 Å². The van der Waals surface area contributed by atoms with Gasteiger partial charge in [-0.1, -0.05) is 6.07 Å². The van der Waals surface area contributed by atoms with Crippen LogP contribution in [0, 0.1) is 11.3 Å². The minimum absolute atomic E-state index is 0.0832. The van der Waals surface area contributed by atoms with Crippen molar-refractivity contribution >= 4 is 21.8 Å². The summed E-state index contributed by atoms with van der Waals surface area (Å²) < 4.78 is 26.8. The molecule has 1 aliphatic carbocycles. The quantitative estimate of drug-likeness (QED) is 0.893. The molecule has 0 saturated heterocycles. The van der Waals surface area contributed by atoms with Crippen LogP contribution in [0.25, 0.3) is 0 Å². The average molecular weight is 282 g/mol. The van der Waals surface area contributed by atoms with Crippen LogP contribution < -0.4 is 4.72 Å². The van der Waals surface area contributed by atoms with Crippen LogP contribution in [0.2, 0.25) is 0 Å². The highest BCUT2D eigenvalue weighted by atomic mass is 32.2. The second-order valence-corrected chi connectivity index (χ2v) is 7.39. The molecule has 0 aromatic heterocycles. The number of nitriles is 1. The van der Waals surface area contributed by atoms with Gasteiger partial charge in [0.1, 0.15) is 0 Å². The molecule has 0 bridgehead atoms. The fraction of sp³-hybridized carbons (Fsp3) is 0.417. The Balaban J connectivity index is 2.13. The highest BCUT2D eigenvalue weighted by Gasteiger charge is 2.42. The molecule has 2 rings (SSSR count). The van der Waals surface area contributed by atoms with E-state index in [1.807, 2.05) is 12.3 Å². The van der Waals surface area contributed by atoms with Gasteiger partial charge in [0.25, 0.3) is 0 Å². The lowest BCUT2D eigenvalue weighted by molar-refractivity contribution is 0.579. The Morgan fingerprint density at radius 2 is 2.22 bits per heavy atom. The van der Waals surface area contributed by atoms with Crippen molar-refractivity contribution in [3.63, 3.8) is 0 Å². The van der Waals surface area contributed by atoms with Gasteiger partial charge < -0.3 is 0 Å². The lowest BCUT2D eigenvalue weighted by atomic mass is 10.2. The van der Waals surface area contributed by atoms with Crippen LogP contribution in [0.1, 0.15) is 18.4 Å². The molecule has 18 heavy (non-hydrogen) atoms. The Labute approximate surface area is 111 Å². The predicted octanol–water partition coefficient (Wildman–Crippen LogP) is 1.73. The summed E-state index contributed by atoms with van der Waals surface area (Å²) in [5, 5.41) is 8.77. The van der Waals surface area contributed by atoms with E-state index in [9.17, 15) is 8.42 Å². The van der Waals surface area contributed by atoms with Crippen LogP contribution in [-0.4, -0.2) is 26.0 Å². The van der Waals surface area contributed by atoms with E-state index >= 15 is 0 Å². The minimum atomic E-state index is -3.51. The number of nitrogens with zero attached hydrogens (tertiary/aromatic N) is 1. The molecule has 0 unspecified atom stereocenters. The van der Waals surface area contributed by atoms with E-state index in [0.717, 1.165) is 12.8 Å². The summed E-state index contributed by atoms with van der Waals surface area (Å²) in [4.78, 5) is 0.151. The summed E-state index contributed by atoms with van der Waals surface area (Å²) in [6.07, 6.45) is 4.10. The van der Waals surface area contributed by atoms with Crippen LogP contribution in [0.15, 0.2) is 29.2 Å². The normalized spacial score (nSPS) is 17.1. The van der Waals surface area contributed by atoms with Gasteiger partial charge in [-0.2, -0.15) is 17.0 Å². The van der Waals surface area contributed by atoms with Gasteiger partial charge in [0.15, 0.2) is 0 Å². The number of hydrogen-bond donors (Lipinski definition) is 1. The van der Waals surface area contributed by atoms with Crippen molar-refractivity contribution in [1.29, 1.82) is 5.26 Å². The maximum atomic E-state index is 12.1. The third-order valence-electron chi connectivity index (χ3n) is 3.10. The molecule has 0 radical (unpaired) electrons. The fourth-order valence-electron chi connectivity index (χ4n) is 1.64. The number of nitrogens with one attached hydrogen (secondary N) is 1. The molecule has 6 heteroatoms. The summed E-state index contributed by atoms with van der Waals surface area (Å²) >= 11 is 1.70. The second-order valence-electron chi connectivity index (χ2n) is 4.35. The van der Waals surface area contributed by atoms with Crippen LogP contribution in [0.4, 0.5) is 0 Å². The van der Waals surface area contributed by atoms with Crippen LogP contribution in [-0.2, 0) is 10.0 Å². The maximum Gasteiger partial charge on any atom is 0.240 e. The van der Waals surface area contributed by atoms with Crippen LogP contribution in [0.3, 0.4) is 0 Å². The highest BCUT2D eigenvalue weighted by molar-refractivity contribution is 8.00. The summed E-state index contributed by atoms with van der Waals surface area (Å²) in [5.74, 6) is 0. The smallest absolute Gasteiger partial charge is 0.210 e. The largest absolute Gasteiger partial charge is 0.240 e. The van der Waals surface area contributed by atoms with Crippen LogP contribution in [0.5, 0.6) is 0 Å². The third-order valence-corrected chi connectivity index (χ3v) is 5.92. The van der Waals surface area contributed by atoms with E-state index in [2.05, 4.69) is 4.72 Å². The van der Waals surface area contributed by atoms with Gasteiger partial charge in [0.2, 0.25) is 10.0 Å². The first kappa shape index (κ1) is 13.4. The molecule has 1 N–H and O–H groups in total. The van der Waals surface area contributed by atoms with Crippen molar-refractivity contribution in [1.82, 2.24) is 4.72 Å². The molecule has 96 valence electrons. The van der Waals surface area contributed by atoms with Gasteiger partial charge >= 0.3 is 0 Å². The lowest BCUT2D eigenvalue weighted by Gasteiger charge is -2.13. The molecule has 0 amide bonds. The van der Waals surface area contributed by atoms with Gasteiger partial charge in [0, 0.05) is 11.3 Å². The van der Waals surface area contributed by atoms with E-state index in [1.165, 1.54) is 12.1 Å². The topological polar surface area (TPSA) is 70.0 Å². The number of sulfonamides is 1. The third kappa shape index (κ3) is 2.86. The SMILES string of the molecule is CSC1(CNS(=O)(=O)c2cccc(C#N)c2)CC1. The molecule has 0 atom stereocenters. The molecule has 1 aromatic carbocycles. The Hall–Kier alpha value is -1.03. The van der Waals surface area contributed by atoms with Crippen molar-refractivity contribution in [2.24, 2.45) is 0 Å². The number of hydrogen-bond acceptors (Lipinski definition) is 4. The van der Waals surface area contributed by atoms with Crippen molar-refractivity contribution in [3.8, 4) is 6.07 Å². The molecule has 0 aliphatic heterocycles. The van der Waals surface area contributed by atoms with E-state index < -0.39 is 10.0 Å². The maximum absolute atomic E-state index is 12.1. The molecule has 0 spiro atoms. The van der Waals surface area contributed by atoms with Crippen molar-refractivity contribution < 1.29 is 8.42 Å². The fourth-order valence-corrected chi connectivity index (χ4v) is 3.63. The van der Waals surface area contributed by atoms with Crippen molar-refractivity contribution in [2.45, 2.75) is 22.5 Å². The molecule has 1 aromatic rings. The molecular weight excluding hydrogens is 268 g/mol. The summed E-state index contributed by atoms with van der Waals surface area (Å²) in [6, 6.07) is 8.00. The molecule has 1 aliphatic rings. The first-order chi connectivity index (χ1) is 8.51. The van der Waals surface area contributed by atoms with Gasteiger partial charge in [0.05, 0.1) is 16.5 Å². The van der Waals surface area contributed by atoms with Gasteiger partial charge in [-0.25, -0.2) is 13.1 Å². The summed E-state index contributed by atoms with van der Waals surface area (Å²) in [7, 11) is -3.51. The molecule has 0 heterocycles. The van der Waals surface area contributed by atoms with E-state index in [4.69, 9.17) is 5.26 Å². The first-order valence-electron chi connectivity index (χ1n) is 5.56. The molecule has 4 nitrogen and oxygen atoms in total. The Bertz CT molecular complexity index is 586. The van der Waals surface area contributed by atoms with Gasteiger partial charge in [-0.15, -0.1) is 0 Å². The van der Waals surface area contributed by atoms with Gasteiger partial charge in [-0.05, 0) is 37.3 Å². The number of thioether (sulfide) groups is 1. The zero-order valence-electron chi connectivity index (χ0n) is 10.0. The Morgan fingerprint density at radius 3 is 2.78 bits per heavy atom. The predicted molar refractivity (Wildman–Crippen MR) is 71.8 cm³/mol. The standard InChI is InChI=1S/C12H14N2O2S2/c1-17-12(5-6-12)9-14-18(15,16)11-4-2-3-10(7-11)8-13/h2-4,7,14H,5-6,9H2,1H3. The average Bonchev–Trinajstić information content (AvgIpc) is 3.17. The lowest BCUT2D eigenvalue weighted by Crippen LogP contribution is -2.31. The first-order valence-corrected chi connectivity index (χ1v) is 8.27. The zero-order valence-corrected chi connectivity index (χ0v) is 11.6. The zero-order chi connectivity index (χ0) is 13.2.